The fourth-order valence-corrected chi connectivity index (χ4v) is 0.760. The molecule has 0 radical (unpaired) electrons. The van der Waals surface area contributed by atoms with Crippen molar-refractivity contribution in [1.82, 2.24) is 5.01 Å². The number of phenolic OH excluding ortho intramolecular Hbond substituents is 1. The average molecular weight is 252 g/mol. The first-order valence-corrected chi connectivity index (χ1v) is 4.02. The third kappa shape index (κ3) is 6.02. The van der Waals surface area contributed by atoms with Crippen molar-refractivity contribution in [2.45, 2.75) is 6.17 Å². The fraction of sp³-hybridized carbons (Fsp3) is 0.250. The van der Waals surface area contributed by atoms with Crippen LogP contribution in [0.15, 0.2) is 30.3 Å². The number of para-hydroxylation sites is 1. The van der Waals surface area contributed by atoms with Crippen molar-refractivity contribution in [3.63, 3.8) is 0 Å². The van der Waals surface area contributed by atoms with Crippen LogP contribution in [0.3, 0.4) is 0 Å². The third-order valence-corrected chi connectivity index (χ3v) is 1.59. The van der Waals surface area contributed by atoms with E-state index < -0.39 is 5.03 Å². The predicted octanol–water partition coefficient (Wildman–Crippen LogP) is -0.232. The smallest absolute Gasteiger partial charge is 0.161 e. The molecule has 8 heteroatoms. The van der Waals surface area contributed by atoms with E-state index in [0.717, 1.165) is 5.01 Å². The van der Waals surface area contributed by atoms with Crippen molar-refractivity contribution in [3.05, 3.63) is 40.4 Å². The van der Waals surface area contributed by atoms with E-state index in [2.05, 4.69) is 0 Å². The van der Waals surface area contributed by atoms with Gasteiger partial charge in [-0.25, -0.2) is 10.1 Å². The van der Waals surface area contributed by atoms with E-state index in [1.54, 1.807) is 24.3 Å². The van der Waals surface area contributed by atoms with E-state index in [4.69, 9.17) is 10.8 Å². The van der Waals surface area contributed by atoms with Gasteiger partial charge in [-0.2, -0.15) is 0 Å². The Hall–Kier alpha value is -1.57. The molecule has 5 N–H and O–H groups in total. The lowest BCUT2D eigenvalue weighted by atomic mass is 10.3. The van der Waals surface area contributed by atoms with Crippen molar-refractivity contribution < 1.29 is 15.6 Å². The highest BCUT2D eigenvalue weighted by Gasteiger charge is 2.40. The van der Waals surface area contributed by atoms with Crippen LogP contribution in [0.5, 0.6) is 5.75 Å². The SMILES string of the molecule is Cl.NC1CN1[N+](=O)[O-].O.Oc1ccccc1. The lowest BCUT2D eigenvalue weighted by molar-refractivity contribution is -0.620. The van der Waals surface area contributed by atoms with E-state index in [-0.39, 0.29) is 24.0 Å². The molecule has 0 spiro atoms. The van der Waals surface area contributed by atoms with Crippen molar-refractivity contribution in [2.75, 3.05) is 6.54 Å². The number of nitrogens with two attached hydrogens (primary N) is 1. The number of phenols is 1. The van der Waals surface area contributed by atoms with Crippen molar-refractivity contribution in [2.24, 2.45) is 5.73 Å². The second-order valence-corrected chi connectivity index (χ2v) is 2.76. The molecule has 1 atom stereocenters. The summed E-state index contributed by atoms with van der Waals surface area (Å²) in [7, 11) is 0. The minimum absolute atomic E-state index is 0. The summed E-state index contributed by atoms with van der Waals surface area (Å²) in [5.74, 6) is 0.322. The zero-order valence-electron chi connectivity index (χ0n) is 8.31. The molecule has 0 amide bonds. The summed E-state index contributed by atoms with van der Waals surface area (Å²) in [4.78, 5) is 9.62. The van der Waals surface area contributed by atoms with Crippen LogP contribution in [-0.4, -0.2) is 33.3 Å². The van der Waals surface area contributed by atoms with Crippen LogP contribution in [0.1, 0.15) is 0 Å². The molecule has 1 aromatic carbocycles. The maximum Gasteiger partial charge on any atom is 0.161 e. The summed E-state index contributed by atoms with van der Waals surface area (Å²) in [6, 6.07) is 8.71. The standard InChI is InChI=1S/C6H6O.C2H5N3O2.ClH.H2O/c7-6-4-2-1-3-5-6;3-2-1-4(2)5(6)7;;/h1-5,7H;2H,1,3H2;1H;1H2. The molecule has 1 aliphatic rings. The topological polar surface area (TPSA) is 124 Å². The molecule has 7 nitrogen and oxygen atoms in total. The monoisotopic (exact) mass is 251 g/mol. The minimum atomic E-state index is -0.495. The molecular weight excluding hydrogens is 238 g/mol. The van der Waals surface area contributed by atoms with Crippen LogP contribution in [0, 0.1) is 10.1 Å². The maximum atomic E-state index is 9.62. The van der Waals surface area contributed by atoms with Gasteiger partial charge in [0.25, 0.3) is 0 Å². The molecule has 92 valence electrons. The Labute approximate surface area is 98.3 Å². The molecule has 0 saturated carbocycles. The van der Waals surface area contributed by atoms with Gasteiger partial charge in [0.15, 0.2) is 11.2 Å². The Morgan fingerprint density at radius 2 is 1.88 bits per heavy atom. The third-order valence-electron chi connectivity index (χ3n) is 1.59. The minimum Gasteiger partial charge on any atom is -0.508 e. The lowest BCUT2D eigenvalue weighted by Crippen LogP contribution is -2.15. The van der Waals surface area contributed by atoms with Crippen LogP contribution in [-0.2, 0) is 0 Å². The van der Waals surface area contributed by atoms with Crippen molar-refractivity contribution in [1.29, 1.82) is 0 Å². The van der Waals surface area contributed by atoms with Crippen molar-refractivity contribution in [3.8, 4) is 5.75 Å². The second-order valence-electron chi connectivity index (χ2n) is 2.76. The summed E-state index contributed by atoms with van der Waals surface area (Å²) in [5, 5.41) is 18.7. The molecule has 1 fully saturated rings. The van der Waals surface area contributed by atoms with Gasteiger partial charge in [0, 0.05) is 0 Å². The van der Waals surface area contributed by atoms with Crippen LogP contribution in [0.2, 0.25) is 0 Å². The predicted molar refractivity (Wildman–Crippen MR) is 60.6 cm³/mol. The van der Waals surface area contributed by atoms with Gasteiger partial charge in [0.2, 0.25) is 0 Å². The van der Waals surface area contributed by atoms with Gasteiger partial charge in [-0.15, -0.1) is 17.4 Å². The van der Waals surface area contributed by atoms with E-state index >= 15 is 0 Å². The Balaban J connectivity index is 0. The maximum absolute atomic E-state index is 9.62. The van der Waals surface area contributed by atoms with Crippen LogP contribution in [0.25, 0.3) is 0 Å². The van der Waals surface area contributed by atoms with Gasteiger partial charge in [-0.1, -0.05) is 18.2 Å². The number of nitro groups is 1. The molecule has 0 aromatic heterocycles. The molecule has 2 rings (SSSR count). The Kier molecular flexibility index (Phi) is 8.09. The summed E-state index contributed by atoms with van der Waals surface area (Å²) < 4.78 is 0. The summed E-state index contributed by atoms with van der Waals surface area (Å²) >= 11 is 0. The largest absolute Gasteiger partial charge is 0.508 e. The number of hydrogen-bond acceptors (Lipinski definition) is 4. The second kappa shape index (κ2) is 7.69. The van der Waals surface area contributed by atoms with Gasteiger partial charge in [0.05, 0.1) is 0 Å². The number of aromatic hydroxyl groups is 1. The van der Waals surface area contributed by atoms with Crippen molar-refractivity contribution >= 4 is 12.4 Å². The van der Waals surface area contributed by atoms with E-state index in [9.17, 15) is 10.1 Å². The van der Waals surface area contributed by atoms with Gasteiger partial charge >= 0.3 is 0 Å². The van der Waals surface area contributed by atoms with Gasteiger partial charge in [-0.3, -0.25) is 0 Å². The summed E-state index contributed by atoms with van der Waals surface area (Å²) in [6.07, 6.45) is -0.324. The van der Waals surface area contributed by atoms with Gasteiger partial charge in [0.1, 0.15) is 12.3 Å². The highest BCUT2D eigenvalue weighted by Crippen LogP contribution is 2.08. The number of hydrazine groups is 1. The van der Waals surface area contributed by atoms with E-state index in [1.807, 2.05) is 6.07 Å². The molecule has 1 saturated heterocycles. The zero-order chi connectivity index (χ0) is 10.6. The molecule has 1 unspecified atom stereocenters. The fourth-order valence-electron chi connectivity index (χ4n) is 0.760. The average Bonchev–Trinajstić information content (AvgIpc) is 2.85. The molecule has 0 bridgehead atoms. The zero-order valence-corrected chi connectivity index (χ0v) is 9.13. The number of nitrogens with zero attached hydrogens (tertiary/aromatic N) is 2. The highest BCUT2D eigenvalue weighted by molar-refractivity contribution is 5.85. The van der Waals surface area contributed by atoms with Gasteiger partial charge in [-0.05, 0) is 12.1 Å². The van der Waals surface area contributed by atoms with E-state index in [1.165, 1.54) is 0 Å². The van der Waals surface area contributed by atoms with Gasteiger partial charge < -0.3 is 16.3 Å². The first-order valence-electron chi connectivity index (χ1n) is 4.02. The molecule has 1 aliphatic heterocycles. The van der Waals surface area contributed by atoms with Crippen LogP contribution >= 0.6 is 12.4 Å². The highest BCUT2D eigenvalue weighted by atomic mass is 35.5. The Morgan fingerprint density at radius 1 is 1.44 bits per heavy atom. The first kappa shape index (κ1) is 16.8. The molecule has 1 heterocycles. The Bertz CT molecular complexity index is 311. The number of halogens is 1. The number of hydrogen-bond donors (Lipinski definition) is 2. The molecule has 1 aromatic rings. The van der Waals surface area contributed by atoms with Crippen LogP contribution in [0.4, 0.5) is 0 Å². The van der Waals surface area contributed by atoms with E-state index in [0.29, 0.717) is 12.3 Å². The molecule has 16 heavy (non-hydrogen) atoms. The number of rotatable bonds is 1. The van der Waals surface area contributed by atoms with Crippen LogP contribution < -0.4 is 5.73 Å². The number of benzene rings is 1. The quantitative estimate of drug-likeness (QED) is 0.405. The molecular formula is C8H14ClN3O4. The summed E-state index contributed by atoms with van der Waals surface area (Å²) in [6.45, 7) is 0.396. The first-order chi connectivity index (χ1) is 6.61. The lowest BCUT2D eigenvalue weighted by Gasteiger charge is -1.84. The molecule has 0 aliphatic carbocycles. The normalized spacial score (nSPS) is 15.8. The Morgan fingerprint density at radius 3 is 2.00 bits per heavy atom. The summed E-state index contributed by atoms with van der Waals surface area (Å²) in [5.41, 5.74) is 5.05.